The van der Waals surface area contributed by atoms with Crippen LogP contribution >= 0.6 is 0 Å². The van der Waals surface area contributed by atoms with Crippen LogP contribution in [0.25, 0.3) is 0 Å². The first-order valence-corrected chi connectivity index (χ1v) is 3.05. The minimum Gasteiger partial charge on any atom is -0.198 e. The highest BCUT2D eigenvalue weighted by Crippen LogP contribution is 2.07. The molecule has 0 bridgehead atoms. The van der Waals surface area contributed by atoms with E-state index in [0.29, 0.717) is 18.8 Å². The molecule has 0 heterocycles. The van der Waals surface area contributed by atoms with Gasteiger partial charge in [-0.05, 0) is 12.3 Å². The summed E-state index contributed by atoms with van der Waals surface area (Å²) in [6, 6.07) is 4.11. The molecule has 48 valence electrons. The zero-order valence-electron chi connectivity index (χ0n) is 5.59. The van der Waals surface area contributed by atoms with Gasteiger partial charge in [-0.15, -0.1) is 0 Å². The summed E-state index contributed by atoms with van der Waals surface area (Å²) in [5, 5.41) is 16.4. The summed E-state index contributed by atoms with van der Waals surface area (Å²) >= 11 is 0. The summed E-state index contributed by atoms with van der Waals surface area (Å²) in [4.78, 5) is 0. The second kappa shape index (κ2) is 5.12. The lowest BCUT2D eigenvalue weighted by atomic mass is 10.0. The van der Waals surface area contributed by atoms with Crippen molar-refractivity contribution in [1.82, 2.24) is 0 Å². The van der Waals surface area contributed by atoms with Crippen molar-refractivity contribution in [2.45, 2.75) is 26.2 Å². The maximum Gasteiger partial charge on any atom is 0.0624 e. The minimum atomic E-state index is 0.384. The summed E-state index contributed by atoms with van der Waals surface area (Å²) in [5.41, 5.74) is 0. The minimum absolute atomic E-state index is 0.384. The molecule has 0 saturated carbocycles. The van der Waals surface area contributed by atoms with Crippen molar-refractivity contribution in [2.24, 2.45) is 5.92 Å². The van der Waals surface area contributed by atoms with Gasteiger partial charge in [0, 0.05) is 12.8 Å². The zero-order chi connectivity index (χ0) is 7.11. The second-order valence-corrected chi connectivity index (χ2v) is 2.16. The molecule has 0 aromatic rings. The second-order valence-electron chi connectivity index (χ2n) is 2.16. The maximum atomic E-state index is 8.20. The quantitative estimate of drug-likeness (QED) is 0.573. The van der Waals surface area contributed by atoms with Crippen LogP contribution < -0.4 is 0 Å². The fraction of sp³-hybridized carbons (Fsp3) is 0.714. The van der Waals surface area contributed by atoms with E-state index in [0.717, 1.165) is 6.42 Å². The lowest BCUT2D eigenvalue weighted by molar-refractivity contribution is 0.554. The van der Waals surface area contributed by atoms with E-state index in [1.807, 2.05) is 13.0 Å². The Balaban J connectivity index is 3.21. The number of hydrogen-bond acceptors (Lipinski definition) is 2. The predicted octanol–water partition coefficient (Wildman–Crippen LogP) is 1.84. The third-order valence-electron chi connectivity index (χ3n) is 1.19. The highest BCUT2D eigenvalue weighted by molar-refractivity contribution is 4.77. The molecule has 9 heavy (non-hydrogen) atoms. The van der Waals surface area contributed by atoms with Gasteiger partial charge in [0.2, 0.25) is 0 Å². The SMILES string of the molecule is CC(CC#N)CCC#N. The van der Waals surface area contributed by atoms with Crippen LogP contribution in [0.1, 0.15) is 26.2 Å². The van der Waals surface area contributed by atoms with Gasteiger partial charge in [0.25, 0.3) is 0 Å². The fourth-order valence-corrected chi connectivity index (χ4v) is 0.569. The Bertz CT molecular complexity index is 138. The van der Waals surface area contributed by atoms with Gasteiger partial charge in [-0.25, -0.2) is 0 Å². The van der Waals surface area contributed by atoms with Crippen LogP contribution in [0.3, 0.4) is 0 Å². The van der Waals surface area contributed by atoms with E-state index >= 15 is 0 Å². The average molecular weight is 122 g/mol. The Morgan fingerprint density at radius 1 is 1.33 bits per heavy atom. The van der Waals surface area contributed by atoms with Gasteiger partial charge in [-0.1, -0.05) is 6.92 Å². The lowest BCUT2D eigenvalue weighted by Crippen LogP contribution is -1.90. The first-order chi connectivity index (χ1) is 4.31. The number of nitrogens with zero attached hydrogens (tertiary/aromatic N) is 2. The Morgan fingerprint density at radius 2 is 2.00 bits per heavy atom. The molecular formula is C7H10N2. The monoisotopic (exact) mass is 122 g/mol. The molecule has 2 nitrogen and oxygen atoms in total. The highest BCUT2D eigenvalue weighted by Gasteiger charge is 1.98. The van der Waals surface area contributed by atoms with E-state index in [-0.39, 0.29) is 0 Å². The van der Waals surface area contributed by atoms with Gasteiger partial charge in [-0.2, -0.15) is 10.5 Å². The van der Waals surface area contributed by atoms with E-state index < -0.39 is 0 Å². The molecule has 0 aliphatic carbocycles. The van der Waals surface area contributed by atoms with Crippen LogP contribution in [0.4, 0.5) is 0 Å². The average Bonchev–Trinajstić information content (AvgIpc) is 1.85. The normalized spacial score (nSPS) is 11.4. The third kappa shape index (κ3) is 4.84. The van der Waals surface area contributed by atoms with Crippen LogP contribution in [0.5, 0.6) is 0 Å². The van der Waals surface area contributed by atoms with Crippen molar-refractivity contribution in [3.05, 3.63) is 0 Å². The Labute approximate surface area is 55.7 Å². The molecule has 0 aromatic heterocycles. The van der Waals surface area contributed by atoms with Gasteiger partial charge in [0.1, 0.15) is 0 Å². The van der Waals surface area contributed by atoms with E-state index in [1.165, 1.54) is 0 Å². The van der Waals surface area contributed by atoms with Gasteiger partial charge in [0.15, 0.2) is 0 Å². The topological polar surface area (TPSA) is 47.6 Å². The first kappa shape index (κ1) is 7.98. The number of rotatable bonds is 3. The molecule has 0 aromatic carbocycles. The summed E-state index contributed by atoms with van der Waals surface area (Å²) < 4.78 is 0. The molecule has 0 spiro atoms. The smallest absolute Gasteiger partial charge is 0.0624 e. The van der Waals surface area contributed by atoms with Crippen molar-refractivity contribution in [3.63, 3.8) is 0 Å². The van der Waals surface area contributed by atoms with Crippen molar-refractivity contribution in [1.29, 1.82) is 10.5 Å². The van der Waals surface area contributed by atoms with Crippen molar-refractivity contribution >= 4 is 0 Å². The Kier molecular flexibility index (Phi) is 4.54. The third-order valence-corrected chi connectivity index (χ3v) is 1.19. The molecule has 0 N–H and O–H groups in total. The molecule has 0 aliphatic rings. The predicted molar refractivity (Wildman–Crippen MR) is 34.2 cm³/mol. The van der Waals surface area contributed by atoms with Crippen molar-refractivity contribution in [3.8, 4) is 12.1 Å². The Hall–Kier alpha value is -1.02. The highest BCUT2D eigenvalue weighted by atomic mass is 14.2. The van der Waals surface area contributed by atoms with Crippen LogP contribution in [0.15, 0.2) is 0 Å². The molecule has 0 amide bonds. The molecule has 0 radical (unpaired) electrons. The summed E-state index contributed by atoms with van der Waals surface area (Å²) in [6.07, 6.45) is 1.99. The van der Waals surface area contributed by atoms with E-state index in [4.69, 9.17) is 10.5 Å². The molecular weight excluding hydrogens is 112 g/mol. The summed E-state index contributed by atoms with van der Waals surface area (Å²) in [6.45, 7) is 1.99. The fourth-order valence-electron chi connectivity index (χ4n) is 0.569. The Morgan fingerprint density at radius 3 is 2.44 bits per heavy atom. The number of hydrogen-bond donors (Lipinski definition) is 0. The summed E-state index contributed by atoms with van der Waals surface area (Å²) in [5.74, 6) is 0.384. The standard InChI is InChI=1S/C7H10N2/c1-7(4-6-9)3-2-5-8/h7H,2-4H2,1H3. The molecule has 0 saturated heterocycles. The molecule has 1 unspecified atom stereocenters. The lowest BCUT2D eigenvalue weighted by Gasteiger charge is -1.99. The molecule has 2 heteroatoms. The van der Waals surface area contributed by atoms with Crippen molar-refractivity contribution < 1.29 is 0 Å². The zero-order valence-corrected chi connectivity index (χ0v) is 5.59. The van der Waals surface area contributed by atoms with E-state index in [9.17, 15) is 0 Å². The molecule has 0 fully saturated rings. The van der Waals surface area contributed by atoms with Gasteiger partial charge in [-0.3, -0.25) is 0 Å². The van der Waals surface area contributed by atoms with E-state index in [2.05, 4.69) is 6.07 Å². The maximum absolute atomic E-state index is 8.20. The largest absolute Gasteiger partial charge is 0.198 e. The van der Waals surface area contributed by atoms with E-state index in [1.54, 1.807) is 0 Å². The first-order valence-electron chi connectivity index (χ1n) is 3.05. The van der Waals surface area contributed by atoms with Crippen LogP contribution in [-0.2, 0) is 0 Å². The van der Waals surface area contributed by atoms with Crippen LogP contribution in [-0.4, -0.2) is 0 Å². The van der Waals surface area contributed by atoms with Gasteiger partial charge in [0.05, 0.1) is 12.1 Å². The summed E-state index contributed by atoms with van der Waals surface area (Å²) in [7, 11) is 0. The molecule has 0 aliphatic heterocycles. The molecule has 1 atom stereocenters. The van der Waals surface area contributed by atoms with Crippen LogP contribution in [0, 0.1) is 28.6 Å². The van der Waals surface area contributed by atoms with Gasteiger partial charge >= 0.3 is 0 Å². The van der Waals surface area contributed by atoms with Gasteiger partial charge < -0.3 is 0 Å². The number of nitriles is 2. The van der Waals surface area contributed by atoms with Crippen molar-refractivity contribution in [2.75, 3.05) is 0 Å². The van der Waals surface area contributed by atoms with Crippen LogP contribution in [0.2, 0.25) is 0 Å². The molecule has 0 rings (SSSR count).